The average molecular weight is 271 g/mol. The first kappa shape index (κ1) is 13.8. The van der Waals surface area contributed by atoms with Crippen molar-refractivity contribution in [1.29, 1.82) is 0 Å². The number of hydrogen-bond donors (Lipinski definition) is 1. The van der Waals surface area contributed by atoms with Crippen LogP contribution in [0.25, 0.3) is 0 Å². The van der Waals surface area contributed by atoms with E-state index in [2.05, 4.69) is 27.8 Å². The first-order valence-corrected chi connectivity index (χ1v) is 7.46. The molecular formula is C11H21N5OS. The van der Waals surface area contributed by atoms with Crippen molar-refractivity contribution in [2.75, 3.05) is 26.0 Å². The van der Waals surface area contributed by atoms with Gasteiger partial charge in [-0.15, -0.1) is 5.10 Å². The summed E-state index contributed by atoms with van der Waals surface area (Å²) in [5, 5.41) is 16.3. The van der Waals surface area contributed by atoms with Gasteiger partial charge in [0.15, 0.2) is 0 Å². The second kappa shape index (κ2) is 7.06. The van der Waals surface area contributed by atoms with Crippen LogP contribution in [0.4, 0.5) is 0 Å². The Balaban J connectivity index is 1.81. The van der Waals surface area contributed by atoms with Crippen LogP contribution in [0.5, 0.6) is 0 Å². The third-order valence-corrected chi connectivity index (χ3v) is 3.92. The van der Waals surface area contributed by atoms with E-state index in [-0.39, 0.29) is 0 Å². The number of ether oxygens (including phenoxy) is 1. The molecule has 6 nitrogen and oxygen atoms in total. The number of nitrogens with one attached hydrogen (secondary N) is 1. The summed E-state index contributed by atoms with van der Waals surface area (Å²) in [6, 6.07) is 0.885. The Labute approximate surface area is 112 Å². The van der Waals surface area contributed by atoms with Gasteiger partial charge in [-0.3, -0.25) is 0 Å². The second-order valence-electron chi connectivity index (χ2n) is 4.55. The Morgan fingerprint density at radius 1 is 1.56 bits per heavy atom. The minimum absolute atomic E-state index is 0.351. The summed E-state index contributed by atoms with van der Waals surface area (Å²) in [6.45, 7) is 3.90. The highest BCUT2D eigenvalue weighted by molar-refractivity contribution is 7.99. The van der Waals surface area contributed by atoms with Crippen LogP contribution in [-0.4, -0.2) is 52.3 Å². The van der Waals surface area contributed by atoms with E-state index in [4.69, 9.17) is 4.74 Å². The lowest BCUT2D eigenvalue weighted by atomic mass is 10.3. The monoisotopic (exact) mass is 271 g/mol. The summed E-state index contributed by atoms with van der Waals surface area (Å²) in [4.78, 5) is 0. The highest BCUT2D eigenvalue weighted by Gasteiger charge is 2.28. The van der Waals surface area contributed by atoms with Crippen molar-refractivity contribution >= 4 is 11.8 Å². The van der Waals surface area contributed by atoms with Gasteiger partial charge in [0, 0.05) is 18.9 Å². The van der Waals surface area contributed by atoms with E-state index in [0.717, 1.165) is 30.5 Å². The first-order valence-electron chi connectivity index (χ1n) is 6.48. The van der Waals surface area contributed by atoms with Gasteiger partial charge in [0.05, 0.1) is 12.6 Å². The van der Waals surface area contributed by atoms with Crippen molar-refractivity contribution in [3.63, 3.8) is 0 Å². The maximum absolute atomic E-state index is 5.23. The normalized spacial score (nSPS) is 17.0. The number of aromatic nitrogens is 4. The molecule has 7 heteroatoms. The molecule has 2 rings (SSSR count). The van der Waals surface area contributed by atoms with Gasteiger partial charge >= 0.3 is 0 Å². The largest absolute Gasteiger partial charge is 0.383 e. The number of hydrogen-bond acceptors (Lipinski definition) is 6. The Hall–Kier alpha value is -0.660. The lowest BCUT2D eigenvalue weighted by Crippen LogP contribution is -2.36. The molecule has 1 N–H and O–H groups in total. The molecule has 1 saturated carbocycles. The number of rotatable bonds is 9. The molecule has 1 heterocycles. The molecular weight excluding hydrogens is 250 g/mol. The zero-order valence-electron chi connectivity index (χ0n) is 11.0. The smallest absolute Gasteiger partial charge is 0.209 e. The molecule has 1 aliphatic rings. The highest BCUT2D eigenvalue weighted by Crippen LogP contribution is 2.36. The molecule has 0 radical (unpaired) electrons. The predicted octanol–water partition coefficient (Wildman–Crippen LogP) is 1.11. The van der Waals surface area contributed by atoms with Gasteiger partial charge in [0.2, 0.25) is 5.16 Å². The third kappa shape index (κ3) is 3.93. The molecule has 1 aromatic rings. The van der Waals surface area contributed by atoms with Gasteiger partial charge in [0.1, 0.15) is 0 Å². The van der Waals surface area contributed by atoms with Gasteiger partial charge < -0.3 is 10.1 Å². The molecule has 1 unspecified atom stereocenters. The maximum Gasteiger partial charge on any atom is 0.209 e. The van der Waals surface area contributed by atoms with E-state index in [1.54, 1.807) is 18.9 Å². The molecule has 1 atom stereocenters. The number of thioether (sulfide) groups is 1. The van der Waals surface area contributed by atoms with Crippen LogP contribution in [0, 0.1) is 0 Å². The molecule has 0 spiro atoms. The van der Waals surface area contributed by atoms with Crippen LogP contribution >= 0.6 is 11.8 Å². The quantitative estimate of drug-likeness (QED) is 0.679. The van der Waals surface area contributed by atoms with E-state index < -0.39 is 0 Å². The first-order chi connectivity index (χ1) is 8.85. The van der Waals surface area contributed by atoms with Crippen molar-refractivity contribution in [1.82, 2.24) is 25.5 Å². The molecule has 1 aromatic heterocycles. The maximum atomic E-state index is 5.23. The van der Waals surface area contributed by atoms with Crippen LogP contribution in [0.2, 0.25) is 0 Å². The molecule has 0 aromatic carbocycles. The Morgan fingerprint density at radius 2 is 2.39 bits per heavy atom. The summed E-state index contributed by atoms with van der Waals surface area (Å²) in [5.41, 5.74) is 0. The molecule has 1 aliphatic carbocycles. The van der Waals surface area contributed by atoms with Crippen LogP contribution in [0.3, 0.4) is 0 Å². The van der Waals surface area contributed by atoms with Crippen molar-refractivity contribution in [3.8, 4) is 0 Å². The molecule has 102 valence electrons. The molecule has 0 saturated heterocycles. The van der Waals surface area contributed by atoms with Crippen molar-refractivity contribution in [3.05, 3.63) is 0 Å². The fraction of sp³-hybridized carbons (Fsp3) is 0.909. The second-order valence-corrected chi connectivity index (χ2v) is 5.54. The van der Waals surface area contributed by atoms with Gasteiger partial charge in [-0.05, 0) is 36.2 Å². The van der Waals surface area contributed by atoms with E-state index in [0.29, 0.717) is 12.1 Å². The van der Waals surface area contributed by atoms with Gasteiger partial charge in [0.25, 0.3) is 0 Å². The van der Waals surface area contributed by atoms with Crippen molar-refractivity contribution < 1.29 is 4.74 Å². The zero-order chi connectivity index (χ0) is 12.8. The summed E-state index contributed by atoms with van der Waals surface area (Å²) in [7, 11) is 1.74. The van der Waals surface area contributed by atoms with E-state index in [1.165, 1.54) is 12.8 Å². The number of nitrogens with zero attached hydrogens (tertiary/aromatic N) is 4. The summed E-state index contributed by atoms with van der Waals surface area (Å²) in [6.07, 6.45) is 3.53. The summed E-state index contributed by atoms with van der Waals surface area (Å²) < 4.78 is 7.18. The van der Waals surface area contributed by atoms with Crippen LogP contribution in [-0.2, 0) is 4.74 Å². The fourth-order valence-electron chi connectivity index (χ4n) is 1.72. The molecule has 0 amide bonds. The van der Waals surface area contributed by atoms with Gasteiger partial charge in [-0.25, -0.2) is 4.68 Å². The molecule has 1 fully saturated rings. The summed E-state index contributed by atoms with van der Waals surface area (Å²) >= 11 is 1.70. The lowest BCUT2D eigenvalue weighted by Gasteiger charge is -2.16. The van der Waals surface area contributed by atoms with E-state index in [1.807, 2.05) is 4.68 Å². The predicted molar refractivity (Wildman–Crippen MR) is 70.8 cm³/mol. The van der Waals surface area contributed by atoms with Crippen LogP contribution < -0.4 is 5.32 Å². The standard InChI is InChI=1S/C11H21N5OS/c1-3-6-12-9(7-17-2)8-18-11-13-14-15-16(11)10-4-5-10/h9-10,12H,3-8H2,1-2H3. The lowest BCUT2D eigenvalue weighted by molar-refractivity contribution is 0.174. The van der Waals surface area contributed by atoms with Crippen molar-refractivity contribution in [2.24, 2.45) is 0 Å². The van der Waals surface area contributed by atoms with Gasteiger partial charge in [-0.2, -0.15) is 0 Å². The van der Waals surface area contributed by atoms with Crippen molar-refractivity contribution in [2.45, 2.75) is 43.4 Å². The Bertz CT molecular complexity index is 355. The number of methoxy groups -OCH3 is 1. The average Bonchev–Trinajstić information content (AvgIpc) is 3.12. The van der Waals surface area contributed by atoms with Crippen LogP contribution in [0.15, 0.2) is 5.16 Å². The highest BCUT2D eigenvalue weighted by atomic mass is 32.2. The molecule has 0 aliphatic heterocycles. The Morgan fingerprint density at radius 3 is 3.06 bits per heavy atom. The number of tetrazole rings is 1. The minimum atomic E-state index is 0.351. The zero-order valence-corrected chi connectivity index (χ0v) is 11.8. The van der Waals surface area contributed by atoms with E-state index >= 15 is 0 Å². The van der Waals surface area contributed by atoms with Crippen LogP contribution in [0.1, 0.15) is 32.2 Å². The third-order valence-electron chi connectivity index (χ3n) is 2.82. The summed E-state index contributed by atoms with van der Waals surface area (Å²) in [5.74, 6) is 0.931. The molecule has 0 bridgehead atoms. The molecule has 18 heavy (non-hydrogen) atoms. The topological polar surface area (TPSA) is 64.9 Å². The van der Waals surface area contributed by atoms with Gasteiger partial charge in [-0.1, -0.05) is 18.7 Å². The fourth-order valence-corrected chi connectivity index (χ4v) is 2.70. The minimum Gasteiger partial charge on any atom is -0.383 e. The van der Waals surface area contributed by atoms with E-state index in [9.17, 15) is 0 Å². The SMILES string of the molecule is CCCNC(COC)CSc1nnnn1C1CC1. The Kier molecular flexibility index (Phi) is 5.40.